The third-order valence-electron chi connectivity index (χ3n) is 2.79. The maximum absolute atomic E-state index is 2.22. The van der Waals surface area contributed by atoms with E-state index in [1.54, 1.807) is 0 Å². The van der Waals surface area contributed by atoms with Gasteiger partial charge in [-0.15, -0.1) is 0 Å². The van der Waals surface area contributed by atoms with Crippen LogP contribution >= 0.6 is 31.4 Å². The van der Waals surface area contributed by atoms with Crippen molar-refractivity contribution in [1.29, 1.82) is 0 Å². The third kappa shape index (κ3) is 5.55. The van der Waals surface area contributed by atoms with Gasteiger partial charge in [-0.2, -0.15) is 0 Å². The smallest absolute Gasteiger partial charge is 0.0296 e. The molecule has 0 saturated heterocycles. The van der Waals surface area contributed by atoms with Crippen LogP contribution in [-0.4, -0.2) is 0 Å². The SMILES string of the molecule is Cc1ccc(CSSSCc2ccc(C)cc2)cc1. The van der Waals surface area contributed by atoms with Crippen LogP contribution in [0.2, 0.25) is 0 Å². The minimum absolute atomic E-state index is 1.08. The van der Waals surface area contributed by atoms with Crippen molar-refractivity contribution in [1.82, 2.24) is 0 Å². The predicted octanol–water partition coefficient (Wildman–Crippen LogP) is 6.03. The summed E-state index contributed by atoms with van der Waals surface area (Å²) in [6.07, 6.45) is 0. The normalized spacial score (nSPS) is 10.6. The summed E-state index contributed by atoms with van der Waals surface area (Å²) in [5.41, 5.74) is 5.46. The number of aryl methyl sites for hydroxylation is 2. The zero-order chi connectivity index (χ0) is 13.5. The average molecular weight is 307 g/mol. The molecule has 100 valence electrons. The molecule has 2 rings (SSSR count). The van der Waals surface area contributed by atoms with Crippen molar-refractivity contribution in [3.8, 4) is 0 Å². The van der Waals surface area contributed by atoms with E-state index in [1.807, 2.05) is 31.4 Å². The molecule has 0 unspecified atom stereocenters. The zero-order valence-corrected chi connectivity index (χ0v) is 13.7. The summed E-state index contributed by atoms with van der Waals surface area (Å²) in [5.74, 6) is 2.15. The second-order valence-corrected chi connectivity index (χ2v) is 8.80. The van der Waals surface area contributed by atoms with Gasteiger partial charge < -0.3 is 0 Å². The van der Waals surface area contributed by atoms with E-state index >= 15 is 0 Å². The first-order chi connectivity index (χ1) is 9.24. The van der Waals surface area contributed by atoms with E-state index in [-0.39, 0.29) is 0 Å². The molecule has 0 fully saturated rings. The molecule has 0 aliphatic heterocycles. The van der Waals surface area contributed by atoms with Crippen LogP contribution in [0.3, 0.4) is 0 Å². The minimum Gasteiger partial charge on any atom is -0.0777 e. The Labute approximate surface area is 127 Å². The average Bonchev–Trinajstić information content (AvgIpc) is 2.43. The molecule has 0 N–H and O–H groups in total. The highest BCUT2D eigenvalue weighted by Crippen LogP contribution is 2.38. The molecule has 0 nitrogen and oxygen atoms in total. The maximum atomic E-state index is 2.22. The van der Waals surface area contributed by atoms with Gasteiger partial charge in [-0.1, -0.05) is 81.2 Å². The van der Waals surface area contributed by atoms with Gasteiger partial charge in [0.25, 0.3) is 0 Å². The summed E-state index contributed by atoms with van der Waals surface area (Å²) in [5, 5.41) is 0. The molecule has 0 heterocycles. The lowest BCUT2D eigenvalue weighted by molar-refractivity contribution is 1.37. The molecule has 2 aromatic carbocycles. The molecule has 0 radical (unpaired) electrons. The van der Waals surface area contributed by atoms with Crippen molar-refractivity contribution < 1.29 is 0 Å². The maximum Gasteiger partial charge on any atom is 0.0296 e. The van der Waals surface area contributed by atoms with E-state index in [1.165, 1.54) is 22.3 Å². The quantitative estimate of drug-likeness (QED) is 0.472. The Balaban J connectivity index is 1.64. The molecule has 2 aromatic rings. The molecule has 19 heavy (non-hydrogen) atoms. The van der Waals surface area contributed by atoms with E-state index in [2.05, 4.69) is 62.4 Å². The van der Waals surface area contributed by atoms with Gasteiger partial charge in [0.05, 0.1) is 0 Å². The molecular formula is C16H18S3. The van der Waals surface area contributed by atoms with Crippen LogP contribution in [0, 0.1) is 13.8 Å². The lowest BCUT2D eigenvalue weighted by Crippen LogP contribution is -1.79. The van der Waals surface area contributed by atoms with E-state index in [0.29, 0.717) is 0 Å². The van der Waals surface area contributed by atoms with E-state index in [4.69, 9.17) is 0 Å². The standard InChI is InChI=1S/C16H18S3/c1-13-3-7-15(8-4-13)11-17-19-18-12-16-9-5-14(2)6-10-16/h3-10H,11-12H2,1-2H3. The summed E-state index contributed by atoms with van der Waals surface area (Å²) >= 11 is 0. The van der Waals surface area contributed by atoms with Gasteiger partial charge in [-0.25, -0.2) is 0 Å². The van der Waals surface area contributed by atoms with E-state index in [0.717, 1.165) is 11.5 Å². The summed E-state index contributed by atoms with van der Waals surface area (Å²) in [6, 6.07) is 17.6. The molecule has 0 bridgehead atoms. The first-order valence-electron chi connectivity index (χ1n) is 6.26. The highest BCUT2D eigenvalue weighted by molar-refractivity contribution is 9.09. The molecule has 0 aliphatic carbocycles. The molecule has 0 aliphatic rings. The molecule has 3 heteroatoms. The monoisotopic (exact) mass is 306 g/mol. The Morgan fingerprint density at radius 3 is 1.37 bits per heavy atom. The Kier molecular flexibility index (Phi) is 6.21. The molecule has 0 saturated carbocycles. The molecule has 0 spiro atoms. The van der Waals surface area contributed by atoms with Crippen LogP contribution < -0.4 is 0 Å². The number of hydrogen-bond donors (Lipinski definition) is 0. The van der Waals surface area contributed by atoms with Gasteiger partial charge in [0.15, 0.2) is 0 Å². The zero-order valence-electron chi connectivity index (χ0n) is 11.3. The van der Waals surface area contributed by atoms with Crippen LogP contribution in [-0.2, 0) is 11.5 Å². The van der Waals surface area contributed by atoms with Crippen LogP contribution in [0.25, 0.3) is 0 Å². The fourth-order valence-corrected chi connectivity index (χ4v) is 5.20. The fourth-order valence-electron chi connectivity index (χ4n) is 1.59. The predicted molar refractivity (Wildman–Crippen MR) is 92.5 cm³/mol. The fraction of sp³-hybridized carbons (Fsp3) is 0.250. The summed E-state index contributed by atoms with van der Waals surface area (Å²) < 4.78 is 0. The highest BCUT2D eigenvalue weighted by Gasteiger charge is 1.97. The first kappa shape index (κ1) is 14.9. The molecule has 0 amide bonds. The van der Waals surface area contributed by atoms with Gasteiger partial charge in [-0.05, 0) is 34.8 Å². The molecule has 0 aromatic heterocycles. The largest absolute Gasteiger partial charge is 0.0777 e. The van der Waals surface area contributed by atoms with Gasteiger partial charge in [-0.3, -0.25) is 0 Å². The van der Waals surface area contributed by atoms with Crippen molar-refractivity contribution >= 4 is 31.4 Å². The number of benzene rings is 2. The highest BCUT2D eigenvalue weighted by atomic mass is 33.5. The lowest BCUT2D eigenvalue weighted by Gasteiger charge is -2.03. The van der Waals surface area contributed by atoms with Gasteiger partial charge in [0, 0.05) is 11.5 Å². The van der Waals surface area contributed by atoms with Gasteiger partial charge in [0.2, 0.25) is 0 Å². The van der Waals surface area contributed by atoms with E-state index < -0.39 is 0 Å². The molecule has 0 atom stereocenters. The van der Waals surface area contributed by atoms with Crippen LogP contribution in [0.1, 0.15) is 22.3 Å². The first-order valence-corrected chi connectivity index (χ1v) is 10.1. The topological polar surface area (TPSA) is 0 Å². The van der Waals surface area contributed by atoms with Gasteiger partial charge >= 0.3 is 0 Å². The van der Waals surface area contributed by atoms with Crippen molar-refractivity contribution in [2.75, 3.05) is 0 Å². The van der Waals surface area contributed by atoms with Crippen LogP contribution in [0.15, 0.2) is 48.5 Å². The van der Waals surface area contributed by atoms with Crippen LogP contribution in [0.5, 0.6) is 0 Å². The number of hydrogen-bond acceptors (Lipinski definition) is 3. The summed E-state index contributed by atoms with van der Waals surface area (Å²) in [4.78, 5) is 0. The third-order valence-corrected chi connectivity index (χ3v) is 6.90. The lowest BCUT2D eigenvalue weighted by atomic mass is 10.2. The van der Waals surface area contributed by atoms with E-state index in [9.17, 15) is 0 Å². The van der Waals surface area contributed by atoms with Crippen molar-refractivity contribution in [3.05, 3.63) is 70.8 Å². The Bertz CT molecular complexity index is 441. The van der Waals surface area contributed by atoms with Gasteiger partial charge in [0.1, 0.15) is 0 Å². The number of rotatable bonds is 6. The Morgan fingerprint density at radius 2 is 1.00 bits per heavy atom. The van der Waals surface area contributed by atoms with Crippen molar-refractivity contribution in [2.45, 2.75) is 25.4 Å². The summed E-state index contributed by atoms with van der Waals surface area (Å²) in [7, 11) is 5.71. The van der Waals surface area contributed by atoms with Crippen molar-refractivity contribution in [3.63, 3.8) is 0 Å². The second-order valence-electron chi connectivity index (χ2n) is 4.56. The van der Waals surface area contributed by atoms with Crippen LogP contribution in [0.4, 0.5) is 0 Å². The second kappa shape index (κ2) is 7.93. The minimum atomic E-state index is 1.08. The Morgan fingerprint density at radius 1 is 0.632 bits per heavy atom. The molecular weight excluding hydrogens is 288 g/mol. The summed E-state index contributed by atoms with van der Waals surface area (Å²) in [6.45, 7) is 4.26. The van der Waals surface area contributed by atoms with Crippen molar-refractivity contribution in [2.24, 2.45) is 0 Å². The Hall–Kier alpha value is -0.510.